The van der Waals surface area contributed by atoms with E-state index >= 15 is 0 Å². The smallest absolute Gasteiger partial charge is 0.233 e. The van der Waals surface area contributed by atoms with Crippen molar-refractivity contribution in [3.8, 4) is 5.75 Å². The van der Waals surface area contributed by atoms with Gasteiger partial charge in [-0.05, 0) is 87.3 Å². The van der Waals surface area contributed by atoms with E-state index in [2.05, 4.69) is 19.9 Å². The zero-order chi connectivity index (χ0) is 23.9. The molecule has 0 saturated carbocycles. The average Bonchev–Trinajstić information content (AvgIpc) is 3.30. The van der Waals surface area contributed by atoms with Gasteiger partial charge in [-0.3, -0.25) is 14.5 Å². The maximum atomic E-state index is 13.1. The van der Waals surface area contributed by atoms with Crippen LogP contribution in [0.15, 0.2) is 28.9 Å². The summed E-state index contributed by atoms with van der Waals surface area (Å²) in [5, 5.41) is 10.1. The molecular formula is C28H37NO4. The summed E-state index contributed by atoms with van der Waals surface area (Å²) in [5.74, 6) is 0.00127. The number of carbonyl (C=O) groups excluding carboxylic acids is 2. The minimum Gasteiger partial charge on any atom is -0.507 e. The third-order valence-corrected chi connectivity index (χ3v) is 7.76. The fraction of sp³-hybridized carbons (Fsp3) is 0.571. The van der Waals surface area contributed by atoms with Gasteiger partial charge < -0.3 is 9.84 Å². The molecule has 0 unspecified atom stereocenters. The first-order valence-electron chi connectivity index (χ1n) is 12.4. The van der Waals surface area contributed by atoms with Crippen molar-refractivity contribution in [2.24, 2.45) is 17.8 Å². The van der Waals surface area contributed by atoms with Crippen LogP contribution >= 0.6 is 0 Å². The van der Waals surface area contributed by atoms with E-state index in [0.29, 0.717) is 25.3 Å². The van der Waals surface area contributed by atoms with Crippen LogP contribution in [0, 0.1) is 31.6 Å². The molecule has 5 heteroatoms. The number of phenols is 1. The number of imide groups is 1. The Bertz CT molecular complexity index is 998. The predicted molar refractivity (Wildman–Crippen MR) is 130 cm³/mol. The van der Waals surface area contributed by atoms with Crippen molar-refractivity contribution in [1.29, 1.82) is 0 Å². The Balaban J connectivity index is 1.50. The van der Waals surface area contributed by atoms with Crippen LogP contribution in [0.1, 0.15) is 69.6 Å². The van der Waals surface area contributed by atoms with Crippen molar-refractivity contribution in [2.75, 3.05) is 13.2 Å². The zero-order valence-corrected chi connectivity index (χ0v) is 20.6. The highest BCUT2D eigenvalue weighted by Crippen LogP contribution is 2.49. The molecule has 33 heavy (non-hydrogen) atoms. The third kappa shape index (κ3) is 4.28. The molecule has 4 atom stereocenters. The van der Waals surface area contributed by atoms with Gasteiger partial charge in [0.25, 0.3) is 0 Å². The number of likely N-dealkylation sites (tertiary alicyclic amines) is 1. The van der Waals surface area contributed by atoms with E-state index in [9.17, 15) is 14.7 Å². The number of phenolic OH excluding ortho intramolecular Hbond substituents is 1. The monoisotopic (exact) mass is 451 g/mol. The molecule has 0 radical (unpaired) electrons. The lowest BCUT2D eigenvalue weighted by atomic mass is 9.70. The first-order chi connectivity index (χ1) is 15.8. The van der Waals surface area contributed by atoms with Crippen molar-refractivity contribution >= 4 is 17.9 Å². The lowest BCUT2D eigenvalue weighted by Crippen LogP contribution is -2.34. The number of benzene rings is 1. The summed E-state index contributed by atoms with van der Waals surface area (Å²) in [4.78, 5) is 27.5. The molecule has 1 aromatic carbocycles. The second kappa shape index (κ2) is 9.46. The molecule has 1 aromatic rings. The van der Waals surface area contributed by atoms with Gasteiger partial charge in [-0.2, -0.15) is 0 Å². The van der Waals surface area contributed by atoms with Crippen LogP contribution in [0.4, 0.5) is 0 Å². The molecule has 4 rings (SSSR count). The van der Waals surface area contributed by atoms with Gasteiger partial charge in [0.1, 0.15) is 5.75 Å². The molecule has 0 spiro atoms. The molecule has 1 N–H and O–H groups in total. The minimum absolute atomic E-state index is 0.0123. The summed E-state index contributed by atoms with van der Waals surface area (Å²) >= 11 is 0. The number of ether oxygens (including phenoxy) is 1. The lowest BCUT2D eigenvalue weighted by Gasteiger charge is -2.30. The number of hydrogen-bond donors (Lipinski definition) is 1. The number of amides is 2. The van der Waals surface area contributed by atoms with Gasteiger partial charge in [0.15, 0.2) is 0 Å². The van der Waals surface area contributed by atoms with Crippen LogP contribution in [0.25, 0.3) is 6.08 Å². The summed E-state index contributed by atoms with van der Waals surface area (Å²) in [6.07, 6.45) is 6.50. The summed E-state index contributed by atoms with van der Waals surface area (Å²) in [6, 6.07) is 4.05. The first-order valence-corrected chi connectivity index (χ1v) is 12.4. The van der Waals surface area contributed by atoms with E-state index in [4.69, 9.17) is 4.74 Å². The van der Waals surface area contributed by atoms with E-state index in [0.717, 1.165) is 42.4 Å². The van der Waals surface area contributed by atoms with E-state index in [1.807, 2.05) is 32.9 Å². The first kappa shape index (κ1) is 23.7. The second-order valence-electron chi connectivity index (χ2n) is 10.0. The number of rotatable bonds is 7. The number of aryl methyl sites for hydroxylation is 2. The van der Waals surface area contributed by atoms with Crippen LogP contribution in [0.5, 0.6) is 5.75 Å². The van der Waals surface area contributed by atoms with E-state index in [1.54, 1.807) is 0 Å². The highest BCUT2D eigenvalue weighted by atomic mass is 16.5. The summed E-state index contributed by atoms with van der Waals surface area (Å²) in [7, 11) is 0. The Morgan fingerprint density at radius 2 is 1.82 bits per heavy atom. The van der Waals surface area contributed by atoms with Gasteiger partial charge >= 0.3 is 0 Å². The molecule has 2 saturated heterocycles. The van der Waals surface area contributed by atoms with Gasteiger partial charge in [-0.1, -0.05) is 31.1 Å². The molecule has 2 fully saturated rings. The number of hydrogen-bond acceptors (Lipinski definition) is 4. The Labute approximate surface area is 197 Å². The summed E-state index contributed by atoms with van der Waals surface area (Å²) in [5.41, 5.74) is 6.78. The molecule has 0 aromatic heterocycles. The fourth-order valence-corrected chi connectivity index (χ4v) is 6.11. The SMILES string of the molecule is CCCN1C(=O)[C@@H]2[C@@H](CC(C)=C3[C@@H](CC/C(=C/c4cc(C)c(O)c(C)c4)CC)OC[C@@H]32)C1=O. The zero-order valence-electron chi connectivity index (χ0n) is 20.6. The van der Waals surface area contributed by atoms with E-state index in [-0.39, 0.29) is 35.7 Å². The predicted octanol–water partition coefficient (Wildman–Crippen LogP) is 5.33. The van der Waals surface area contributed by atoms with Gasteiger partial charge in [-0.25, -0.2) is 0 Å². The number of aromatic hydroxyl groups is 1. The maximum absolute atomic E-state index is 13.1. The molecule has 5 nitrogen and oxygen atoms in total. The molecule has 2 amide bonds. The van der Waals surface area contributed by atoms with Gasteiger partial charge in [0, 0.05) is 12.5 Å². The van der Waals surface area contributed by atoms with Crippen molar-refractivity contribution < 1.29 is 19.4 Å². The van der Waals surface area contributed by atoms with Gasteiger partial charge in [-0.15, -0.1) is 0 Å². The third-order valence-electron chi connectivity index (χ3n) is 7.76. The standard InChI is InChI=1S/C28H37NO4/c1-6-10-29-27(31)21-13-16(3)24-22(25(21)28(29)32)15-33-23(24)9-8-19(7-2)14-20-11-17(4)26(30)18(5)12-20/h11-12,14,21-23,25,30H,6-10,13,15H2,1-5H3/b19-14+/t21-,22+,23-,25-/m1/s1. The highest BCUT2D eigenvalue weighted by molar-refractivity contribution is 6.05. The van der Waals surface area contributed by atoms with Crippen LogP contribution < -0.4 is 0 Å². The molecule has 0 bridgehead atoms. The topological polar surface area (TPSA) is 66.8 Å². The Kier molecular flexibility index (Phi) is 6.81. The number of nitrogens with zero attached hydrogens (tertiary/aromatic N) is 1. The molecule has 2 aliphatic heterocycles. The largest absolute Gasteiger partial charge is 0.507 e. The van der Waals surface area contributed by atoms with Gasteiger partial charge in [0.05, 0.1) is 24.5 Å². The number of allylic oxidation sites excluding steroid dienone is 2. The lowest BCUT2D eigenvalue weighted by molar-refractivity contribution is -0.140. The average molecular weight is 452 g/mol. The molecule has 3 aliphatic rings. The van der Waals surface area contributed by atoms with Crippen LogP contribution in [-0.4, -0.2) is 41.1 Å². The number of carbonyl (C=O) groups is 2. The molecular weight excluding hydrogens is 414 g/mol. The van der Waals surface area contributed by atoms with Crippen molar-refractivity contribution in [3.63, 3.8) is 0 Å². The Morgan fingerprint density at radius 1 is 1.12 bits per heavy atom. The second-order valence-corrected chi connectivity index (χ2v) is 10.0. The normalized spacial score (nSPS) is 27.4. The van der Waals surface area contributed by atoms with Crippen molar-refractivity contribution in [2.45, 2.75) is 72.8 Å². The maximum Gasteiger partial charge on any atom is 0.233 e. The van der Waals surface area contributed by atoms with E-state index in [1.165, 1.54) is 21.6 Å². The molecule has 2 heterocycles. The summed E-state index contributed by atoms with van der Waals surface area (Å²) in [6.45, 7) is 11.2. The van der Waals surface area contributed by atoms with Crippen LogP contribution in [-0.2, 0) is 14.3 Å². The Hall–Kier alpha value is -2.40. The van der Waals surface area contributed by atoms with Crippen LogP contribution in [0.3, 0.4) is 0 Å². The fourth-order valence-electron chi connectivity index (χ4n) is 6.11. The Morgan fingerprint density at radius 3 is 2.45 bits per heavy atom. The highest BCUT2D eigenvalue weighted by Gasteiger charge is 2.56. The van der Waals surface area contributed by atoms with E-state index < -0.39 is 0 Å². The quantitative estimate of drug-likeness (QED) is 0.449. The van der Waals surface area contributed by atoms with Crippen molar-refractivity contribution in [3.05, 3.63) is 45.5 Å². The van der Waals surface area contributed by atoms with Crippen molar-refractivity contribution in [1.82, 2.24) is 4.90 Å². The molecule has 178 valence electrons. The summed E-state index contributed by atoms with van der Waals surface area (Å²) < 4.78 is 6.26. The van der Waals surface area contributed by atoms with Crippen LogP contribution in [0.2, 0.25) is 0 Å². The minimum atomic E-state index is -0.239. The number of fused-ring (bicyclic) bond motifs is 3. The molecule has 1 aliphatic carbocycles. The van der Waals surface area contributed by atoms with Gasteiger partial charge in [0.2, 0.25) is 11.8 Å².